The van der Waals surface area contributed by atoms with E-state index in [1.807, 2.05) is 0 Å². The molecule has 0 atom stereocenters. The van der Waals surface area contributed by atoms with Gasteiger partial charge in [0.25, 0.3) is 0 Å². The van der Waals surface area contributed by atoms with Crippen molar-refractivity contribution in [1.82, 2.24) is 9.71 Å². The molecule has 0 radical (unpaired) electrons. The molecular formula is C13H16N2O3S2. The Hall–Kier alpha value is -1.02. The molecule has 1 fully saturated rings. The zero-order chi connectivity index (χ0) is 14.2. The van der Waals surface area contributed by atoms with Gasteiger partial charge in [0.05, 0.1) is 26.7 Å². The highest BCUT2D eigenvalue weighted by Crippen LogP contribution is 2.24. The van der Waals surface area contributed by atoms with Crippen LogP contribution in [-0.4, -0.2) is 30.7 Å². The topological polar surface area (TPSA) is 79.3 Å². The standard InChI is InChI=1S/C13H16N2O3S2/c16-10-3-1-9(2-4-10)15-20(17,18)11-5-6-12-13(7-11)19-8-14-12/h5-10,15-16H,1-4H2. The van der Waals surface area contributed by atoms with Crippen LogP contribution in [0.15, 0.2) is 28.6 Å². The number of sulfonamides is 1. The lowest BCUT2D eigenvalue weighted by Gasteiger charge is -2.25. The molecule has 1 aromatic heterocycles. The van der Waals surface area contributed by atoms with E-state index in [2.05, 4.69) is 9.71 Å². The van der Waals surface area contributed by atoms with E-state index >= 15 is 0 Å². The van der Waals surface area contributed by atoms with Crippen LogP contribution in [0.25, 0.3) is 10.2 Å². The van der Waals surface area contributed by atoms with Gasteiger partial charge in [-0.05, 0) is 43.9 Å². The fraction of sp³-hybridized carbons (Fsp3) is 0.462. The number of aliphatic hydroxyl groups is 1. The highest BCUT2D eigenvalue weighted by Gasteiger charge is 2.25. The summed E-state index contributed by atoms with van der Waals surface area (Å²) in [5.41, 5.74) is 2.52. The van der Waals surface area contributed by atoms with E-state index in [1.165, 1.54) is 11.3 Å². The molecule has 2 N–H and O–H groups in total. The fourth-order valence-corrected chi connectivity index (χ4v) is 4.61. The predicted octanol–water partition coefficient (Wildman–Crippen LogP) is 1.88. The summed E-state index contributed by atoms with van der Waals surface area (Å²) in [6.45, 7) is 0. The number of hydrogen-bond acceptors (Lipinski definition) is 5. The van der Waals surface area contributed by atoms with Crippen molar-refractivity contribution in [2.24, 2.45) is 0 Å². The van der Waals surface area contributed by atoms with E-state index in [4.69, 9.17) is 0 Å². The number of hydrogen-bond donors (Lipinski definition) is 2. The van der Waals surface area contributed by atoms with Gasteiger partial charge >= 0.3 is 0 Å². The molecule has 2 aromatic rings. The van der Waals surface area contributed by atoms with Crippen molar-refractivity contribution in [2.45, 2.75) is 42.7 Å². The third kappa shape index (κ3) is 2.85. The van der Waals surface area contributed by atoms with Gasteiger partial charge in [0, 0.05) is 6.04 Å². The SMILES string of the molecule is O=S(=O)(NC1CCC(O)CC1)c1ccc2ncsc2c1. The van der Waals surface area contributed by atoms with E-state index in [-0.39, 0.29) is 17.0 Å². The van der Waals surface area contributed by atoms with Gasteiger partial charge in [-0.1, -0.05) is 0 Å². The minimum absolute atomic E-state index is 0.0828. The van der Waals surface area contributed by atoms with Crippen LogP contribution in [0.3, 0.4) is 0 Å². The molecule has 0 aliphatic heterocycles. The largest absolute Gasteiger partial charge is 0.393 e. The van der Waals surface area contributed by atoms with E-state index in [0.717, 1.165) is 10.2 Å². The molecule has 1 heterocycles. The maximum atomic E-state index is 12.4. The maximum absolute atomic E-state index is 12.4. The molecule has 0 unspecified atom stereocenters. The summed E-state index contributed by atoms with van der Waals surface area (Å²) in [6.07, 6.45) is 2.39. The van der Waals surface area contributed by atoms with Crippen molar-refractivity contribution < 1.29 is 13.5 Å². The van der Waals surface area contributed by atoms with E-state index in [0.29, 0.717) is 25.7 Å². The first-order valence-corrected chi connectivity index (χ1v) is 8.94. The van der Waals surface area contributed by atoms with Gasteiger partial charge in [-0.2, -0.15) is 0 Å². The lowest BCUT2D eigenvalue weighted by atomic mass is 9.94. The van der Waals surface area contributed by atoms with Crippen molar-refractivity contribution in [2.75, 3.05) is 0 Å². The summed E-state index contributed by atoms with van der Waals surface area (Å²) in [4.78, 5) is 4.42. The first kappa shape index (κ1) is 13.9. The van der Waals surface area contributed by atoms with E-state index in [1.54, 1.807) is 23.7 Å². The van der Waals surface area contributed by atoms with Gasteiger partial charge in [-0.25, -0.2) is 18.1 Å². The van der Waals surface area contributed by atoms with Gasteiger partial charge in [0.15, 0.2) is 0 Å². The van der Waals surface area contributed by atoms with Crippen LogP contribution < -0.4 is 4.72 Å². The fourth-order valence-electron chi connectivity index (χ4n) is 2.48. The monoisotopic (exact) mass is 312 g/mol. The summed E-state index contributed by atoms with van der Waals surface area (Å²) < 4.78 is 28.3. The number of aliphatic hydroxyl groups excluding tert-OH is 1. The number of nitrogens with one attached hydrogen (secondary N) is 1. The van der Waals surface area contributed by atoms with Gasteiger partial charge in [0.2, 0.25) is 10.0 Å². The number of benzene rings is 1. The Morgan fingerprint density at radius 3 is 2.75 bits per heavy atom. The van der Waals surface area contributed by atoms with Crippen LogP contribution in [0.2, 0.25) is 0 Å². The second kappa shape index (κ2) is 5.40. The molecule has 0 bridgehead atoms. The number of rotatable bonds is 3. The molecule has 7 heteroatoms. The van der Waals surface area contributed by atoms with Crippen LogP contribution in [-0.2, 0) is 10.0 Å². The second-order valence-corrected chi connectivity index (χ2v) is 7.71. The molecule has 0 spiro atoms. The Kier molecular flexibility index (Phi) is 3.76. The average molecular weight is 312 g/mol. The Bertz CT molecular complexity index is 703. The highest BCUT2D eigenvalue weighted by molar-refractivity contribution is 7.89. The van der Waals surface area contributed by atoms with Crippen molar-refractivity contribution in [3.8, 4) is 0 Å². The zero-order valence-electron chi connectivity index (χ0n) is 10.8. The molecule has 20 heavy (non-hydrogen) atoms. The number of nitrogens with zero attached hydrogens (tertiary/aromatic N) is 1. The number of fused-ring (bicyclic) bond motifs is 1. The van der Waals surface area contributed by atoms with Gasteiger partial charge in [-0.3, -0.25) is 0 Å². The van der Waals surface area contributed by atoms with Crippen LogP contribution in [0.4, 0.5) is 0 Å². The Morgan fingerprint density at radius 2 is 2.00 bits per heavy atom. The summed E-state index contributed by atoms with van der Waals surface area (Å²) >= 11 is 1.43. The Balaban J connectivity index is 1.80. The quantitative estimate of drug-likeness (QED) is 0.907. The summed E-state index contributed by atoms with van der Waals surface area (Å²) in [7, 11) is -3.50. The van der Waals surface area contributed by atoms with Gasteiger partial charge < -0.3 is 5.11 Å². The molecule has 0 amide bonds. The normalized spacial score (nSPS) is 24.1. The lowest BCUT2D eigenvalue weighted by molar-refractivity contribution is 0.120. The molecule has 3 rings (SSSR count). The molecule has 5 nitrogen and oxygen atoms in total. The van der Waals surface area contributed by atoms with Crippen molar-refractivity contribution in [3.05, 3.63) is 23.7 Å². The Morgan fingerprint density at radius 1 is 1.25 bits per heavy atom. The molecule has 1 aromatic carbocycles. The van der Waals surface area contributed by atoms with Crippen molar-refractivity contribution in [1.29, 1.82) is 0 Å². The van der Waals surface area contributed by atoms with Gasteiger partial charge in [0.1, 0.15) is 0 Å². The van der Waals surface area contributed by atoms with Crippen LogP contribution in [0.1, 0.15) is 25.7 Å². The number of thiazole rings is 1. The predicted molar refractivity (Wildman–Crippen MR) is 78.2 cm³/mol. The zero-order valence-corrected chi connectivity index (χ0v) is 12.5. The lowest BCUT2D eigenvalue weighted by Crippen LogP contribution is -2.38. The molecule has 108 valence electrons. The average Bonchev–Trinajstić information content (AvgIpc) is 2.88. The van der Waals surface area contributed by atoms with Crippen LogP contribution >= 0.6 is 11.3 Å². The molecule has 1 aliphatic carbocycles. The van der Waals surface area contributed by atoms with Crippen molar-refractivity contribution in [3.63, 3.8) is 0 Å². The Labute approximate surface area is 121 Å². The van der Waals surface area contributed by atoms with E-state index < -0.39 is 10.0 Å². The van der Waals surface area contributed by atoms with Crippen molar-refractivity contribution >= 4 is 31.6 Å². The minimum Gasteiger partial charge on any atom is -0.393 e. The van der Waals surface area contributed by atoms with E-state index in [9.17, 15) is 13.5 Å². The third-order valence-electron chi connectivity index (χ3n) is 3.63. The first-order valence-electron chi connectivity index (χ1n) is 6.58. The summed E-state index contributed by atoms with van der Waals surface area (Å²) in [5.74, 6) is 0. The molecule has 1 aliphatic rings. The second-order valence-electron chi connectivity index (χ2n) is 5.11. The first-order chi connectivity index (χ1) is 9.54. The molecule has 0 saturated heterocycles. The number of aromatic nitrogens is 1. The van der Waals surface area contributed by atoms with Crippen LogP contribution in [0.5, 0.6) is 0 Å². The molecular weight excluding hydrogens is 296 g/mol. The highest BCUT2D eigenvalue weighted by atomic mass is 32.2. The minimum atomic E-state index is -3.50. The summed E-state index contributed by atoms with van der Waals surface area (Å²) in [6, 6.07) is 4.89. The maximum Gasteiger partial charge on any atom is 0.240 e. The third-order valence-corrected chi connectivity index (χ3v) is 5.94. The molecule has 1 saturated carbocycles. The smallest absolute Gasteiger partial charge is 0.240 e. The van der Waals surface area contributed by atoms with Gasteiger partial charge in [-0.15, -0.1) is 11.3 Å². The van der Waals surface area contributed by atoms with Crippen LogP contribution in [0, 0.1) is 0 Å². The summed E-state index contributed by atoms with van der Waals surface area (Å²) in [5, 5.41) is 9.45.